The van der Waals surface area contributed by atoms with E-state index in [-0.39, 0.29) is 5.91 Å². The maximum Gasteiger partial charge on any atom is 0.224 e. The number of nitrogens with two attached hydrogens (primary N) is 1. The van der Waals surface area contributed by atoms with Crippen molar-refractivity contribution >= 4 is 33.2 Å². The Kier molecular flexibility index (Phi) is 4.52. The molecule has 0 saturated carbocycles. The first-order valence-electron chi connectivity index (χ1n) is 5.05. The molecule has 0 spiro atoms. The van der Waals surface area contributed by atoms with Crippen LogP contribution in [0.3, 0.4) is 0 Å². The molecule has 0 aliphatic heterocycles. The molecule has 1 heterocycles. The van der Waals surface area contributed by atoms with Crippen LogP contribution in [0.2, 0.25) is 0 Å². The summed E-state index contributed by atoms with van der Waals surface area (Å²) < 4.78 is 1.09. The molecular formula is C11H17BrN2OS. The highest BCUT2D eigenvalue weighted by Gasteiger charge is 2.19. The standard InChI is InChI=1S/C11H17BrN2OS/c1-11(2,13)6-10(15)14(3)7-8-4-5-9(12)16-8/h4-5H,6-7,13H2,1-3H3. The topological polar surface area (TPSA) is 46.3 Å². The number of hydrogen-bond acceptors (Lipinski definition) is 3. The molecule has 0 unspecified atom stereocenters. The summed E-state index contributed by atoms with van der Waals surface area (Å²) in [5.41, 5.74) is 5.38. The molecule has 0 fully saturated rings. The van der Waals surface area contributed by atoms with Crippen molar-refractivity contribution in [1.29, 1.82) is 0 Å². The smallest absolute Gasteiger partial charge is 0.224 e. The number of carbonyl (C=O) groups is 1. The zero-order valence-corrected chi connectivity index (χ0v) is 12.2. The van der Waals surface area contributed by atoms with Gasteiger partial charge in [0.15, 0.2) is 0 Å². The van der Waals surface area contributed by atoms with E-state index in [0.717, 1.165) is 8.66 Å². The maximum atomic E-state index is 11.8. The first-order chi connectivity index (χ1) is 7.28. The molecule has 1 rings (SSSR count). The minimum Gasteiger partial charge on any atom is -0.341 e. The number of thiophene rings is 1. The zero-order chi connectivity index (χ0) is 12.3. The van der Waals surface area contributed by atoms with Gasteiger partial charge in [0.05, 0.1) is 10.3 Å². The molecular weight excluding hydrogens is 288 g/mol. The summed E-state index contributed by atoms with van der Waals surface area (Å²) in [6.45, 7) is 4.37. The Hall–Kier alpha value is -0.390. The second kappa shape index (κ2) is 5.29. The van der Waals surface area contributed by atoms with Crippen molar-refractivity contribution in [2.24, 2.45) is 5.73 Å². The molecule has 0 aliphatic rings. The molecule has 16 heavy (non-hydrogen) atoms. The van der Waals surface area contributed by atoms with E-state index in [2.05, 4.69) is 15.9 Å². The van der Waals surface area contributed by atoms with Crippen LogP contribution in [0.1, 0.15) is 25.1 Å². The summed E-state index contributed by atoms with van der Waals surface area (Å²) in [6.07, 6.45) is 0.371. The predicted octanol–water partition coefficient (Wildman–Crippen LogP) is 2.60. The van der Waals surface area contributed by atoms with Gasteiger partial charge < -0.3 is 10.6 Å². The van der Waals surface area contributed by atoms with Crippen molar-refractivity contribution < 1.29 is 4.79 Å². The number of amides is 1. The summed E-state index contributed by atoms with van der Waals surface area (Å²) in [6, 6.07) is 4.01. The van der Waals surface area contributed by atoms with Crippen LogP contribution in [0.25, 0.3) is 0 Å². The Labute approximate surface area is 109 Å². The Morgan fingerprint density at radius 1 is 1.56 bits per heavy atom. The van der Waals surface area contributed by atoms with E-state index in [1.165, 1.54) is 0 Å². The number of halogens is 1. The van der Waals surface area contributed by atoms with E-state index in [1.807, 2.05) is 33.0 Å². The third kappa shape index (κ3) is 4.63. The number of carbonyl (C=O) groups excluding carboxylic acids is 1. The first-order valence-corrected chi connectivity index (χ1v) is 6.66. The molecule has 1 aromatic heterocycles. The minimum atomic E-state index is -0.443. The van der Waals surface area contributed by atoms with Gasteiger partial charge in [-0.1, -0.05) is 0 Å². The van der Waals surface area contributed by atoms with Crippen molar-refractivity contribution in [3.63, 3.8) is 0 Å². The van der Waals surface area contributed by atoms with Gasteiger partial charge >= 0.3 is 0 Å². The lowest BCUT2D eigenvalue weighted by Crippen LogP contribution is -2.39. The largest absolute Gasteiger partial charge is 0.341 e. The molecule has 3 nitrogen and oxygen atoms in total. The van der Waals surface area contributed by atoms with E-state index in [0.29, 0.717) is 13.0 Å². The van der Waals surface area contributed by atoms with E-state index in [9.17, 15) is 4.79 Å². The van der Waals surface area contributed by atoms with Gasteiger partial charge in [-0.15, -0.1) is 11.3 Å². The average Bonchev–Trinajstić information content (AvgIpc) is 2.48. The normalized spacial score (nSPS) is 11.6. The first kappa shape index (κ1) is 13.7. The maximum absolute atomic E-state index is 11.8. The molecule has 2 N–H and O–H groups in total. The summed E-state index contributed by atoms with van der Waals surface area (Å²) in [7, 11) is 1.81. The number of nitrogens with zero attached hydrogens (tertiary/aromatic N) is 1. The fourth-order valence-electron chi connectivity index (χ4n) is 1.28. The second-order valence-electron chi connectivity index (χ2n) is 4.62. The van der Waals surface area contributed by atoms with E-state index >= 15 is 0 Å². The molecule has 0 bridgehead atoms. The van der Waals surface area contributed by atoms with Gasteiger partial charge in [-0.05, 0) is 41.9 Å². The monoisotopic (exact) mass is 304 g/mol. The van der Waals surface area contributed by atoms with Crippen molar-refractivity contribution in [1.82, 2.24) is 4.90 Å². The van der Waals surface area contributed by atoms with Gasteiger partial charge in [0.2, 0.25) is 5.91 Å². The van der Waals surface area contributed by atoms with Crippen molar-refractivity contribution in [2.45, 2.75) is 32.4 Å². The van der Waals surface area contributed by atoms with Gasteiger partial charge in [-0.3, -0.25) is 4.79 Å². The van der Waals surface area contributed by atoms with Crippen molar-refractivity contribution in [2.75, 3.05) is 7.05 Å². The van der Waals surface area contributed by atoms with Gasteiger partial charge in [0.1, 0.15) is 0 Å². The fraction of sp³-hybridized carbons (Fsp3) is 0.545. The lowest BCUT2D eigenvalue weighted by Gasteiger charge is -2.22. The molecule has 0 radical (unpaired) electrons. The van der Waals surface area contributed by atoms with Crippen LogP contribution in [0, 0.1) is 0 Å². The summed E-state index contributed by atoms with van der Waals surface area (Å²) in [4.78, 5) is 14.7. The fourth-order valence-corrected chi connectivity index (χ4v) is 2.82. The summed E-state index contributed by atoms with van der Waals surface area (Å²) in [5, 5.41) is 0. The highest BCUT2D eigenvalue weighted by molar-refractivity contribution is 9.11. The highest BCUT2D eigenvalue weighted by Crippen LogP contribution is 2.23. The minimum absolute atomic E-state index is 0.0806. The van der Waals surface area contributed by atoms with Gasteiger partial charge in [0.25, 0.3) is 0 Å². The molecule has 0 saturated heterocycles. The van der Waals surface area contributed by atoms with Crippen LogP contribution in [0.15, 0.2) is 15.9 Å². The van der Waals surface area contributed by atoms with Crippen molar-refractivity contribution in [3.8, 4) is 0 Å². The Balaban J connectivity index is 2.52. The second-order valence-corrected chi connectivity index (χ2v) is 7.17. The van der Waals surface area contributed by atoms with Gasteiger partial charge in [-0.2, -0.15) is 0 Å². The molecule has 1 amide bonds. The van der Waals surface area contributed by atoms with Crippen LogP contribution < -0.4 is 5.73 Å². The number of hydrogen-bond donors (Lipinski definition) is 1. The highest BCUT2D eigenvalue weighted by atomic mass is 79.9. The van der Waals surface area contributed by atoms with Crippen LogP contribution in [0.4, 0.5) is 0 Å². The summed E-state index contributed by atoms with van der Waals surface area (Å²) in [5.74, 6) is 0.0806. The zero-order valence-electron chi connectivity index (χ0n) is 9.79. The molecule has 1 aromatic rings. The van der Waals surface area contributed by atoms with Gasteiger partial charge in [0, 0.05) is 23.9 Å². The molecule has 0 aromatic carbocycles. The van der Waals surface area contributed by atoms with E-state index < -0.39 is 5.54 Å². The molecule has 90 valence electrons. The van der Waals surface area contributed by atoms with E-state index in [1.54, 1.807) is 16.2 Å². The van der Waals surface area contributed by atoms with Crippen LogP contribution in [0.5, 0.6) is 0 Å². The third-order valence-corrected chi connectivity index (χ3v) is 3.66. The third-order valence-electron chi connectivity index (χ3n) is 2.05. The molecule has 0 aliphatic carbocycles. The Bertz CT molecular complexity index is 370. The average molecular weight is 305 g/mol. The Morgan fingerprint density at radius 2 is 2.19 bits per heavy atom. The van der Waals surface area contributed by atoms with E-state index in [4.69, 9.17) is 5.73 Å². The number of rotatable bonds is 4. The van der Waals surface area contributed by atoms with Crippen molar-refractivity contribution in [3.05, 3.63) is 20.8 Å². The summed E-state index contributed by atoms with van der Waals surface area (Å²) >= 11 is 5.05. The molecule has 0 atom stereocenters. The predicted molar refractivity (Wildman–Crippen MR) is 71.4 cm³/mol. The Morgan fingerprint density at radius 3 is 2.62 bits per heavy atom. The van der Waals surface area contributed by atoms with Gasteiger partial charge in [-0.25, -0.2) is 0 Å². The lowest BCUT2D eigenvalue weighted by atomic mass is 10.0. The quantitative estimate of drug-likeness (QED) is 0.929. The SMILES string of the molecule is CN(Cc1ccc(Br)s1)C(=O)CC(C)(C)N. The van der Waals surface area contributed by atoms with Crippen LogP contribution >= 0.6 is 27.3 Å². The van der Waals surface area contributed by atoms with Crippen LogP contribution in [-0.2, 0) is 11.3 Å². The lowest BCUT2D eigenvalue weighted by molar-refractivity contribution is -0.131. The van der Waals surface area contributed by atoms with Crippen LogP contribution in [-0.4, -0.2) is 23.4 Å². The molecule has 5 heteroatoms.